The minimum absolute atomic E-state index is 0.260. The molecule has 1 aliphatic rings. The minimum Gasteiger partial charge on any atom is -0.493 e. The highest BCUT2D eigenvalue weighted by atomic mass is 32.2. The zero-order valence-corrected chi connectivity index (χ0v) is 17.1. The summed E-state index contributed by atoms with van der Waals surface area (Å²) in [6.45, 7) is 1.67. The lowest BCUT2D eigenvalue weighted by atomic mass is 10.1. The van der Waals surface area contributed by atoms with E-state index in [1.165, 1.54) is 37.5 Å². The fourth-order valence-corrected chi connectivity index (χ4v) is 3.64. The Kier molecular flexibility index (Phi) is 6.73. The Morgan fingerprint density at radius 3 is 2.57 bits per heavy atom. The van der Waals surface area contributed by atoms with E-state index in [-0.39, 0.29) is 35.0 Å². The summed E-state index contributed by atoms with van der Waals surface area (Å²) in [5.41, 5.74) is 0.920. The summed E-state index contributed by atoms with van der Waals surface area (Å²) < 4.78 is 24.0. The van der Waals surface area contributed by atoms with Crippen LogP contribution in [0.4, 0.5) is 14.9 Å². The number of carbonyl (C=O) groups excluding carboxylic acids is 3. The van der Waals surface area contributed by atoms with Gasteiger partial charge in [-0.15, -0.1) is 0 Å². The van der Waals surface area contributed by atoms with Gasteiger partial charge in [-0.1, -0.05) is 12.1 Å². The number of amides is 3. The van der Waals surface area contributed by atoms with Crippen molar-refractivity contribution >= 4 is 40.6 Å². The van der Waals surface area contributed by atoms with Gasteiger partial charge in [0, 0.05) is 17.8 Å². The van der Waals surface area contributed by atoms with Gasteiger partial charge in [-0.2, -0.15) is 0 Å². The molecule has 0 radical (unpaired) electrons. The second kappa shape index (κ2) is 9.45. The largest absolute Gasteiger partial charge is 0.493 e. The number of hydrogen-bond acceptors (Lipinski definition) is 6. The number of methoxy groups -OCH3 is 1. The van der Waals surface area contributed by atoms with Crippen molar-refractivity contribution in [3.63, 3.8) is 0 Å². The van der Waals surface area contributed by atoms with Crippen molar-refractivity contribution in [2.75, 3.05) is 25.6 Å². The second-order valence-electron chi connectivity index (χ2n) is 6.15. The molecular weight excluding hydrogens is 411 g/mol. The van der Waals surface area contributed by atoms with E-state index in [9.17, 15) is 18.8 Å². The smallest absolute Gasteiger partial charge is 0.293 e. The number of benzene rings is 2. The van der Waals surface area contributed by atoms with Gasteiger partial charge < -0.3 is 14.8 Å². The number of carbonyl (C=O) groups is 3. The van der Waals surface area contributed by atoms with E-state index in [0.29, 0.717) is 17.0 Å². The van der Waals surface area contributed by atoms with Crippen molar-refractivity contribution in [3.8, 4) is 11.5 Å². The number of para-hydroxylation sites is 1. The Morgan fingerprint density at radius 1 is 1.20 bits per heavy atom. The molecule has 0 saturated carbocycles. The molecule has 0 bridgehead atoms. The van der Waals surface area contributed by atoms with Crippen LogP contribution in [0.5, 0.6) is 11.5 Å². The van der Waals surface area contributed by atoms with Crippen LogP contribution >= 0.6 is 11.8 Å². The fraction of sp³-hybridized carbons (Fsp3) is 0.190. The third-order valence-corrected chi connectivity index (χ3v) is 5.09. The fourth-order valence-electron chi connectivity index (χ4n) is 2.74. The average Bonchev–Trinajstić information content (AvgIpc) is 3.00. The van der Waals surface area contributed by atoms with Crippen LogP contribution in [0.2, 0.25) is 0 Å². The predicted octanol–water partition coefficient (Wildman–Crippen LogP) is 3.91. The quantitative estimate of drug-likeness (QED) is 0.671. The molecule has 7 nitrogen and oxygen atoms in total. The highest BCUT2D eigenvalue weighted by Crippen LogP contribution is 2.37. The Hall–Kier alpha value is -3.33. The van der Waals surface area contributed by atoms with Crippen molar-refractivity contribution in [1.82, 2.24) is 4.90 Å². The number of likely N-dealkylation sites (N-methyl/N-ethyl adjacent to an activating group) is 1. The Morgan fingerprint density at radius 2 is 1.93 bits per heavy atom. The van der Waals surface area contributed by atoms with Gasteiger partial charge in [-0.05, 0) is 55.1 Å². The molecule has 1 saturated heterocycles. The molecule has 3 rings (SSSR count). The first-order chi connectivity index (χ1) is 14.4. The molecule has 0 aliphatic carbocycles. The highest BCUT2D eigenvalue weighted by molar-refractivity contribution is 8.18. The molecule has 0 unspecified atom stereocenters. The van der Waals surface area contributed by atoms with Crippen LogP contribution in [-0.4, -0.2) is 42.2 Å². The summed E-state index contributed by atoms with van der Waals surface area (Å²) >= 11 is 0.843. The number of thioether (sulfide) groups is 1. The molecule has 1 aliphatic heterocycles. The number of rotatable bonds is 7. The Labute approximate surface area is 176 Å². The molecule has 9 heteroatoms. The monoisotopic (exact) mass is 430 g/mol. The van der Waals surface area contributed by atoms with Gasteiger partial charge in [0.2, 0.25) is 0 Å². The molecule has 156 valence electrons. The summed E-state index contributed by atoms with van der Waals surface area (Å²) in [5.74, 6) is -0.610. The van der Waals surface area contributed by atoms with E-state index < -0.39 is 11.7 Å². The first-order valence-corrected chi connectivity index (χ1v) is 9.85. The first kappa shape index (κ1) is 21.4. The number of nitrogens with one attached hydrogen (secondary N) is 1. The maximum Gasteiger partial charge on any atom is 0.293 e. The molecule has 3 amide bonds. The third kappa shape index (κ3) is 4.80. The lowest BCUT2D eigenvalue weighted by Crippen LogP contribution is -2.27. The maximum absolute atomic E-state index is 13.0. The van der Waals surface area contributed by atoms with Crippen molar-refractivity contribution in [2.24, 2.45) is 0 Å². The standard InChI is InChI=1S/C21H19FN2O5S/c1-3-24-20(26)17(30-21(24)27)11-13-5-4-6-16(28-2)19(13)29-12-18(25)23-15-9-7-14(22)8-10-15/h4-11H,3,12H2,1-2H3,(H,23,25)/b17-11+. The second-order valence-corrected chi connectivity index (χ2v) is 7.14. The van der Waals surface area contributed by atoms with E-state index in [1.54, 1.807) is 25.1 Å². The maximum atomic E-state index is 13.0. The van der Waals surface area contributed by atoms with Crippen molar-refractivity contribution < 1.29 is 28.2 Å². The molecular formula is C21H19FN2O5S. The summed E-state index contributed by atoms with van der Waals surface area (Å²) in [7, 11) is 1.45. The van der Waals surface area contributed by atoms with Crippen LogP contribution < -0.4 is 14.8 Å². The number of hydrogen-bond donors (Lipinski definition) is 1. The summed E-state index contributed by atoms with van der Waals surface area (Å²) in [5, 5.41) is 2.26. The van der Waals surface area contributed by atoms with Crippen LogP contribution in [-0.2, 0) is 9.59 Å². The number of ether oxygens (including phenoxy) is 2. The Balaban J connectivity index is 1.78. The molecule has 2 aromatic carbocycles. The van der Waals surface area contributed by atoms with Gasteiger partial charge in [0.15, 0.2) is 18.1 Å². The summed E-state index contributed by atoms with van der Waals surface area (Å²) in [4.78, 5) is 37.9. The number of nitrogens with zero attached hydrogens (tertiary/aromatic N) is 1. The molecule has 0 aromatic heterocycles. The minimum atomic E-state index is -0.454. The van der Waals surface area contributed by atoms with Crippen molar-refractivity contribution in [2.45, 2.75) is 6.92 Å². The molecule has 2 aromatic rings. The van der Waals surface area contributed by atoms with E-state index in [1.807, 2.05) is 0 Å². The zero-order valence-electron chi connectivity index (χ0n) is 16.3. The normalized spacial score (nSPS) is 14.9. The molecule has 1 heterocycles. The van der Waals surface area contributed by atoms with Crippen LogP contribution in [0.1, 0.15) is 12.5 Å². The van der Waals surface area contributed by atoms with Gasteiger partial charge in [0.1, 0.15) is 5.82 Å². The van der Waals surface area contributed by atoms with Crippen LogP contribution in [0.15, 0.2) is 47.4 Å². The molecule has 0 spiro atoms. The SMILES string of the molecule is CCN1C(=O)S/C(=C/c2cccc(OC)c2OCC(=O)Nc2ccc(F)cc2)C1=O. The molecule has 1 N–H and O–H groups in total. The lowest BCUT2D eigenvalue weighted by Gasteiger charge is -2.14. The third-order valence-electron chi connectivity index (χ3n) is 4.18. The summed E-state index contributed by atoms with van der Waals surface area (Å²) in [6.07, 6.45) is 1.54. The van der Waals surface area contributed by atoms with E-state index >= 15 is 0 Å². The Bertz CT molecular complexity index is 1010. The van der Waals surface area contributed by atoms with Gasteiger partial charge in [0.05, 0.1) is 12.0 Å². The summed E-state index contributed by atoms with van der Waals surface area (Å²) in [6, 6.07) is 10.4. The zero-order chi connectivity index (χ0) is 21.7. The van der Waals surface area contributed by atoms with Gasteiger partial charge in [-0.3, -0.25) is 19.3 Å². The van der Waals surface area contributed by atoms with Crippen molar-refractivity contribution in [3.05, 3.63) is 58.8 Å². The number of imide groups is 1. The highest BCUT2D eigenvalue weighted by Gasteiger charge is 2.34. The van der Waals surface area contributed by atoms with Crippen LogP contribution in [0.25, 0.3) is 6.08 Å². The van der Waals surface area contributed by atoms with Gasteiger partial charge in [0.25, 0.3) is 17.1 Å². The van der Waals surface area contributed by atoms with Crippen molar-refractivity contribution in [1.29, 1.82) is 0 Å². The number of halogens is 1. The van der Waals surface area contributed by atoms with Gasteiger partial charge in [-0.25, -0.2) is 4.39 Å². The van der Waals surface area contributed by atoms with E-state index in [2.05, 4.69) is 5.32 Å². The van der Waals surface area contributed by atoms with Crippen LogP contribution in [0, 0.1) is 5.82 Å². The molecule has 1 fully saturated rings. The topological polar surface area (TPSA) is 84.9 Å². The van der Waals surface area contributed by atoms with Crippen LogP contribution in [0.3, 0.4) is 0 Å². The molecule has 0 atom stereocenters. The van der Waals surface area contributed by atoms with Gasteiger partial charge >= 0.3 is 0 Å². The molecule has 30 heavy (non-hydrogen) atoms. The van der Waals surface area contributed by atoms with E-state index in [4.69, 9.17) is 9.47 Å². The average molecular weight is 430 g/mol. The van der Waals surface area contributed by atoms with E-state index in [0.717, 1.165) is 16.7 Å². The predicted molar refractivity (Wildman–Crippen MR) is 112 cm³/mol. The number of anilines is 1. The first-order valence-electron chi connectivity index (χ1n) is 9.03. The lowest BCUT2D eigenvalue weighted by molar-refractivity contribution is -0.122.